The minimum absolute atomic E-state index is 0.0487. The van der Waals surface area contributed by atoms with Crippen molar-refractivity contribution < 1.29 is 24.2 Å². The number of aliphatic hydroxyl groups excluding tert-OH is 1. The molecule has 0 fully saturated rings. The molecule has 3 heterocycles. The Morgan fingerprint density at radius 2 is 1.89 bits per heavy atom. The van der Waals surface area contributed by atoms with Crippen LogP contribution in [0.3, 0.4) is 0 Å². The van der Waals surface area contributed by atoms with Crippen LogP contribution < -0.4 is 9.64 Å². The van der Waals surface area contributed by atoms with Gasteiger partial charge in [0.05, 0.1) is 12.2 Å². The van der Waals surface area contributed by atoms with Crippen molar-refractivity contribution in [1.82, 2.24) is 4.98 Å². The average molecular weight is 493 g/mol. The summed E-state index contributed by atoms with van der Waals surface area (Å²) in [4.78, 5) is 34.7. The summed E-state index contributed by atoms with van der Waals surface area (Å²) in [6, 6.07) is 14.2. The van der Waals surface area contributed by atoms with E-state index in [0.29, 0.717) is 17.9 Å². The summed E-state index contributed by atoms with van der Waals surface area (Å²) in [6.07, 6.45) is 1.58. The molecule has 3 aromatic rings. The Balaban J connectivity index is 1.79. The van der Waals surface area contributed by atoms with Crippen LogP contribution in [-0.2, 0) is 14.3 Å². The van der Waals surface area contributed by atoms with E-state index in [1.165, 1.54) is 9.78 Å². The maximum Gasteiger partial charge on any atom is 0.294 e. The Morgan fingerprint density at radius 3 is 2.51 bits per heavy atom. The molecule has 0 spiro atoms. The number of pyridine rings is 1. The molecule has 0 aliphatic carbocycles. The number of amides is 1. The van der Waals surface area contributed by atoms with Gasteiger partial charge < -0.3 is 14.6 Å². The highest BCUT2D eigenvalue weighted by Crippen LogP contribution is 2.44. The molecule has 7 nitrogen and oxygen atoms in total. The Morgan fingerprint density at radius 1 is 1.14 bits per heavy atom. The molecule has 1 aromatic carbocycles. The number of carbonyl (C=O) groups is 2. The summed E-state index contributed by atoms with van der Waals surface area (Å²) >= 11 is 1.69. The number of methoxy groups -OCH3 is 1. The van der Waals surface area contributed by atoms with Crippen molar-refractivity contribution in [2.24, 2.45) is 5.92 Å². The van der Waals surface area contributed by atoms with Gasteiger partial charge >= 0.3 is 0 Å². The molecule has 0 saturated carbocycles. The molecule has 1 atom stereocenters. The zero-order chi connectivity index (χ0) is 25.1. The molecule has 1 N–H and O–H groups in total. The van der Waals surface area contributed by atoms with Crippen molar-refractivity contribution >= 4 is 28.7 Å². The van der Waals surface area contributed by atoms with E-state index >= 15 is 0 Å². The van der Waals surface area contributed by atoms with E-state index in [0.717, 1.165) is 10.4 Å². The van der Waals surface area contributed by atoms with E-state index in [2.05, 4.69) is 24.0 Å². The van der Waals surface area contributed by atoms with Gasteiger partial charge in [0.1, 0.15) is 12.6 Å². The molecule has 35 heavy (non-hydrogen) atoms. The quantitative estimate of drug-likeness (QED) is 0.410. The summed E-state index contributed by atoms with van der Waals surface area (Å²) < 4.78 is 10.9. The molecule has 0 unspecified atom stereocenters. The highest BCUT2D eigenvalue weighted by molar-refractivity contribution is 7.15. The second-order valence-corrected chi connectivity index (χ2v) is 9.84. The normalized spacial score (nSPS) is 15.9. The Bertz CT molecular complexity index is 1260. The van der Waals surface area contributed by atoms with Crippen LogP contribution in [0, 0.1) is 12.8 Å². The highest BCUT2D eigenvalue weighted by atomic mass is 32.1. The molecular weight excluding hydrogens is 464 g/mol. The molecule has 0 radical (unpaired) electrons. The summed E-state index contributed by atoms with van der Waals surface area (Å²) in [7, 11) is 1.57. The number of rotatable bonds is 9. The number of aromatic nitrogens is 1. The van der Waals surface area contributed by atoms with Gasteiger partial charge in [-0.25, -0.2) is 4.98 Å². The van der Waals surface area contributed by atoms with Gasteiger partial charge in [-0.2, -0.15) is 0 Å². The number of Topliss-reactive ketones (excluding diaryl/α,β-unsaturated/α-hetero) is 1. The van der Waals surface area contributed by atoms with Gasteiger partial charge in [-0.05, 0) is 48.9 Å². The van der Waals surface area contributed by atoms with Crippen molar-refractivity contribution in [1.29, 1.82) is 0 Å². The molecule has 4 rings (SSSR count). The van der Waals surface area contributed by atoms with E-state index in [1.807, 2.05) is 24.3 Å². The lowest BCUT2D eigenvalue weighted by Crippen LogP contribution is -2.32. The number of ketones is 1. The van der Waals surface area contributed by atoms with Gasteiger partial charge in [-0.1, -0.05) is 26.0 Å². The molecule has 182 valence electrons. The van der Waals surface area contributed by atoms with Crippen molar-refractivity contribution in [3.8, 4) is 16.3 Å². The predicted octanol–water partition coefficient (Wildman–Crippen LogP) is 5.27. The molecule has 2 aromatic heterocycles. The molecule has 8 heteroatoms. The average Bonchev–Trinajstić information content (AvgIpc) is 3.40. The monoisotopic (exact) mass is 492 g/mol. The fourth-order valence-corrected chi connectivity index (χ4v) is 4.93. The highest BCUT2D eigenvalue weighted by Gasteiger charge is 2.46. The molecule has 0 saturated heterocycles. The van der Waals surface area contributed by atoms with Gasteiger partial charge in [-0.3, -0.25) is 14.5 Å². The number of anilines is 1. The molecule has 1 aliphatic heterocycles. The molecular formula is C27H28N2O5S. The third-order valence-corrected chi connectivity index (χ3v) is 6.84. The third-order valence-electron chi connectivity index (χ3n) is 5.79. The summed E-state index contributed by atoms with van der Waals surface area (Å²) in [5, 5.41) is 10.9. The van der Waals surface area contributed by atoms with Crippen LogP contribution in [0.4, 0.5) is 5.69 Å². The van der Waals surface area contributed by atoms with Crippen molar-refractivity contribution in [3.05, 3.63) is 76.5 Å². The van der Waals surface area contributed by atoms with Crippen LogP contribution in [0.5, 0.6) is 5.88 Å². The van der Waals surface area contributed by atoms with Crippen LogP contribution in [0.15, 0.2) is 66.1 Å². The molecule has 0 bridgehead atoms. The molecule has 1 aliphatic rings. The first kappa shape index (κ1) is 24.6. The predicted molar refractivity (Wildman–Crippen MR) is 136 cm³/mol. The SMILES string of the molecule is COCCOc1ncccc1[C@@H]1C(C(=O)C(C)C)=C(O)C(=O)N1c1ccc(-c2ccc(C)s2)cc1. The van der Waals surface area contributed by atoms with Crippen LogP contribution >= 0.6 is 11.3 Å². The molecule has 1 amide bonds. The van der Waals surface area contributed by atoms with Gasteiger partial charge in [0, 0.05) is 40.2 Å². The van der Waals surface area contributed by atoms with E-state index < -0.39 is 23.6 Å². The Labute approximate surface area is 208 Å². The number of benzene rings is 1. The largest absolute Gasteiger partial charge is 0.503 e. The van der Waals surface area contributed by atoms with Crippen LogP contribution in [-0.4, -0.2) is 42.1 Å². The number of nitrogens with zero attached hydrogens (tertiary/aromatic N) is 2. The fraction of sp³-hybridized carbons (Fsp3) is 0.296. The number of carbonyl (C=O) groups excluding carboxylic acids is 2. The lowest BCUT2D eigenvalue weighted by molar-refractivity contribution is -0.119. The van der Waals surface area contributed by atoms with E-state index in [9.17, 15) is 14.7 Å². The van der Waals surface area contributed by atoms with Crippen LogP contribution in [0.25, 0.3) is 10.4 Å². The second kappa shape index (κ2) is 10.4. The first-order valence-corrected chi connectivity index (χ1v) is 12.2. The smallest absolute Gasteiger partial charge is 0.294 e. The number of hydrogen-bond acceptors (Lipinski definition) is 7. The van der Waals surface area contributed by atoms with Gasteiger partial charge in [0.2, 0.25) is 5.88 Å². The van der Waals surface area contributed by atoms with Gasteiger partial charge in [0.15, 0.2) is 11.5 Å². The topological polar surface area (TPSA) is 89.0 Å². The maximum atomic E-state index is 13.3. The van der Waals surface area contributed by atoms with Crippen LogP contribution in [0.1, 0.15) is 30.3 Å². The van der Waals surface area contributed by atoms with Crippen molar-refractivity contribution in [3.63, 3.8) is 0 Å². The lowest BCUT2D eigenvalue weighted by Gasteiger charge is -2.28. The standard InChI is InChI=1S/C27H28N2O5S/c1-16(2)24(30)22-23(20-6-5-13-28-26(20)34-15-14-33-4)29(27(32)25(22)31)19-10-8-18(9-11-19)21-12-7-17(3)35-21/h5-13,16,23,31H,14-15H2,1-4H3/t23-/m1/s1. The number of aliphatic hydroxyl groups is 1. The summed E-state index contributed by atoms with van der Waals surface area (Å²) in [6.45, 7) is 6.14. The number of hydrogen-bond donors (Lipinski definition) is 1. The first-order valence-electron chi connectivity index (χ1n) is 11.4. The maximum absolute atomic E-state index is 13.3. The Hall–Kier alpha value is -3.49. The van der Waals surface area contributed by atoms with Crippen LogP contribution in [0.2, 0.25) is 0 Å². The Kier molecular flexibility index (Phi) is 7.33. The lowest BCUT2D eigenvalue weighted by atomic mass is 9.91. The van der Waals surface area contributed by atoms with Crippen molar-refractivity contribution in [2.45, 2.75) is 26.8 Å². The van der Waals surface area contributed by atoms with E-state index in [1.54, 1.807) is 50.6 Å². The van der Waals surface area contributed by atoms with Gasteiger partial charge in [-0.15, -0.1) is 11.3 Å². The second-order valence-electron chi connectivity index (χ2n) is 8.56. The number of thiophene rings is 1. The fourth-order valence-electron chi connectivity index (χ4n) is 4.06. The summed E-state index contributed by atoms with van der Waals surface area (Å²) in [5.74, 6) is -1.62. The zero-order valence-corrected chi connectivity index (χ0v) is 21.0. The van der Waals surface area contributed by atoms with Crippen molar-refractivity contribution in [2.75, 3.05) is 25.2 Å². The zero-order valence-electron chi connectivity index (χ0n) is 20.1. The number of aryl methyl sites for hydroxylation is 1. The number of ether oxygens (including phenoxy) is 2. The van der Waals surface area contributed by atoms with E-state index in [4.69, 9.17) is 9.47 Å². The summed E-state index contributed by atoms with van der Waals surface area (Å²) in [5.41, 5.74) is 2.15. The third kappa shape index (κ3) is 4.85. The van der Waals surface area contributed by atoms with Gasteiger partial charge in [0.25, 0.3) is 5.91 Å². The van der Waals surface area contributed by atoms with E-state index in [-0.39, 0.29) is 23.8 Å². The minimum Gasteiger partial charge on any atom is -0.503 e. The minimum atomic E-state index is -0.876. The first-order chi connectivity index (χ1) is 16.8.